The number of rotatable bonds is 3. The van der Waals surface area contributed by atoms with Crippen LogP contribution in [0, 0.1) is 30.2 Å². The van der Waals surface area contributed by atoms with Gasteiger partial charge in [0.1, 0.15) is 29.1 Å². The van der Waals surface area contributed by atoms with Crippen LogP contribution < -0.4 is 4.90 Å². The maximum Gasteiger partial charge on any atom is 0.166 e. The third kappa shape index (κ3) is 4.10. The Morgan fingerprint density at radius 1 is 0.811 bits per heavy atom. The van der Waals surface area contributed by atoms with Crippen LogP contribution in [0.25, 0.3) is 11.1 Å². The minimum absolute atomic E-state index is 0.151. The molecule has 0 N–H and O–H groups in total. The summed E-state index contributed by atoms with van der Waals surface area (Å²) in [5, 5.41) is 4.46. The van der Waals surface area contributed by atoms with Crippen molar-refractivity contribution < 1.29 is 17.6 Å². The highest BCUT2D eigenvalue weighted by molar-refractivity contribution is 6.35. The first-order valence-corrected chi connectivity index (χ1v) is 11.8. The molecule has 0 unspecified atom stereocenters. The monoisotopic (exact) mass is 503 g/mol. The third-order valence-electron chi connectivity index (χ3n) is 6.56. The summed E-state index contributed by atoms with van der Waals surface area (Å²) in [6.07, 6.45) is 1.91. The molecule has 6 rings (SSSR count). The van der Waals surface area contributed by atoms with E-state index < -0.39 is 23.3 Å². The molecule has 186 valence electrons. The largest absolute Gasteiger partial charge is 0.374 e. The van der Waals surface area contributed by atoms with Gasteiger partial charge in [0, 0.05) is 42.6 Å². The topological polar surface area (TPSA) is 46.3 Å². The Hall–Kier alpha value is -4.27. The molecule has 0 fully saturated rings. The highest BCUT2D eigenvalue weighted by Gasteiger charge is 2.34. The third-order valence-corrected chi connectivity index (χ3v) is 6.56. The molecule has 0 aliphatic carbocycles. The molecule has 0 amide bonds. The van der Waals surface area contributed by atoms with Crippen LogP contribution >= 0.6 is 0 Å². The molecule has 0 spiro atoms. The van der Waals surface area contributed by atoms with Gasteiger partial charge in [0.15, 0.2) is 11.7 Å². The number of aryl methyl sites for hydroxylation is 2. The van der Waals surface area contributed by atoms with E-state index >= 15 is 0 Å². The number of hydrogen-bond acceptors (Lipinski definition) is 4. The van der Waals surface area contributed by atoms with Gasteiger partial charge in [-0.05, 0) is 78.9 Å². The Morgan fingerprint density at radius 2 is 1.43 bits per heavy atom. The van der Waals surface area contributed by atoms with Crippen molar-refractivity contribution in [3.63, 3.8) is 0 Å². The van der Waals surface area contributed by atoms with Gasteiger partial charge >= 0.3 is 0 Å². The number of aliphatic imine (C=N–C) groups is 1. The van der Waals surface area contributed by atoms with E-state index in [1.54, 1.807) is 6.92 Å². The fraction of sp³-hybridized carbons (Fsp3) is 0.179. The molecule has 9 heteroatoms. The van der Waals surface area contributed by atoms with Crippen LogP contribution in [0.15, 0.2) is 59.6 Å². The highest BCUT2D eigenvalue weighted by Crippen LogP contribution is 2.40. The molecule has 2 aliphatic rings. The summed E-state index contributed by atoms with van der Waals surface area (Å²) in [5.74, 6) is -2.23. The van der Waals surface area contributed by atoms with Crippen molar-refractivity contribution >= 4 is 28.4 Å². The predicted molar refractivity (Wildman–Crippen MR) is 134 cm³/mol. The Kier molecular flexibility index (Phi) is 5.43. The molecule has 4 aromatic rings. The number of aromatic nitrogens is 3. The summed E-state index contributed by atoms with van der Waals surface area (Å²) in [7, 11) is 2.04. The first-order chi connectivity index (χ1) is 17.8. The molecule has 2 aliphatic heterocycles. The minimum atomic E-state index is -0.794. The molecule has 0 saturated carbocycles. The van der Waals surface area contributed by atoms with Gasteiger partial charge in [-0.15, -0.1) is 5.10 Å². The van der Waals surface area contributed by atoms with Gasteiger partial charge in [-0.2, -0.15) is 4.68 Å². The molecule has 0 saturated heterocycles. The van der Waals surface area contributed by atoms with E-state index in [9.17, 15) is 17.6 Å². The molecular weight excluding hydrogens is 482 g/mol. The Balaban J connectivity index is 1.64. The molecule has 3 aromatic carbocycles. The quantitative estimate of drug-likeness (QED) is 0.319. The Morgan fingerprint density at radius 3 is 2.08 bits per heavy atom. The number of fused-ring (bicyclic) bond motifs is 2. The molecule has 0 atom stereocenters. The highest BCUT2D eigenvalue weighted by atomic mass is 19.1. The van der Waals surface area contributed by atoms with Crippen LogP contribution in [0.4, 0.5) is 28.9 Å². The lowest BCUT2D eigenvalue weighted by Gasteiger charge is -2.27. The Labute approximate surface area is 210 Å². The molecule has 1 aromatic heterocycles. The number of halogens is 4. The average molecular weight is 504 g/mol. The molecule has 37 heavy (non-hydrogen) atoms. The maximum absolute atomic E-state index is 14.4. The van der Waals surface area contributed by atoms with E-state index in [0.717, 1.165) is 67.0 Å². The summed E-state index contributed by atoms with van der Waals surface area (Å²) in [6, 6.07) is 12.0. The van der Waals surface area contributed by atoms with Gasteiger partial charge in [-0.25, -0.2) is 27.5 Å². The molecule has 0 radical (unpaired) electrons. The van der Waals surface area contributed by atoms with Crippen LogP contribution in [0.1, 0.15) is 34.8 Å². The number of hydrogen-bond donors (Lipinski definition) is 0. The lowest BCUT2D eigenvalue weighted by Crippen LogP contribution is -2.24. The van der Waals surface area contributed by atoms with Crippen molar-refractivity contribution in [3.05, 3.63) is 106 Å². The van der Waals surface area contributed by atoms with E-state index in [-0.39, 0.29) is 33.9 Å². The smallest absolute Gasteiger partial charge is 0.166 e. The number of anilines is 1. The number of allylic oxidation sites excluding steroid dienone is 1. The first-order valence-electron chi connectivity index (χ1n) is 11.8. The average Bonchev–Trinajstić information content (AvgIpc) is 3.33. The lowest BCUT2D eigenvalue weighted by molar-refractivity contribution is 0.581. The SMILES string of the molecule is Cc1nc2n(n1)C(=Nc1ccc3c(c1)CCCN3C)C(c1cc(F)cc(F)c1)=C2c1cc(F)cc(F)c1. The van der Waals surface area contributed by atoms with E-state index in [0.29, 0.717) is 11.5 Å². The lowest BCUT2D eigenvalue weighted by atomic mass is 9.95. The van der Waals surface area contributed by atoms with Gasteiger partial charge in [-0.1, -0.05) is 0 Å². The van der Waals surface area contributed by atoms with Crippen molar-refractivity contribution in [2.24, 2.45) is 4.99 Å². The van der Waals surface area contributed by atoms with Crippen molar-refractivity contribution in [1.29, 1.82) is 0 Å². The first kappa shape index (κ1) is 23.1. The van der Waals surface area contributed by atoms with Crippen LogP contribution in [0.3, 0.4) is 0 Å². The molecule has 5 nitrogen and oxygen atoms in total. The maximum atomic E-state index is 14.4. The van der Waals surface area contributed by atoms with E-state index in [4.69, 9.17) is 4.99 Å². The van der Waals surface area contributed by atoms with Crippen LogP contribution in [-0.4, -0.2) is 34.2 Å². The second kappa shape index (κ2) is 8.69. The molecular formula is C28H21F4N5. The normalized spacial score (nSPS) is 15.9. The van der Waals surface area contributed by atoms with Crippen molar-refractivity contribution in [3.8, 4) is 0 Å². The van der Waals surface area contributed by atoms with Gasteiger partial charge in [0.05, 0.1) is 5.69 Å². The predicted octanol–water partition coefficient (Wildman–Crippen LogP) is 6.08. The van der Waals surface area contributed by atoms with Gasteiger partial charge in [0.25, 0.3) is 0 Å². The standard InChI is InChI=1S/C28H21F4N5/c1-15-33-27-25(17-8-19(29)13-20(30)9-17)26(18-10-21(31)14-22(32)11-18)28(37(27)35-15)34-23-5-6-24-16(12-23)4-3-7-36(24)2/h5-6,8-14H,3-4,7H2,1-2H3. The molecule has 0 bridgehead atoms. The fourth-order valence-corrected chi connectivity index (χ4v) is 5.06. The van der Waals surface area contributed by atoms with Crippen molar-refractivity contribution in [1.82, 2.24) is 14.8 Å². The van der Waals surface area contributed by atoms with Gasteiger partial charge in [-0.3, -0.25) is 0 Å². The minimum Gasteiger partial charge on any atom is -0.374 e. The van der Waals surface area contributed by atoms with Gasteiger partial charge in [0.2, 0.25) is 0 Å². The Bertz CT molecular complexity index is 1600. The van der Waals surface area contributed by atoms with Crippen LogP contribution in [-0.2, 0) is 6.42 Å². The van der Waals surface area contributed by atoms with E-state index in [2.05, 4.69) is 15.0 Å². The summed E-state index contributed by atoms with van der Waals surface area (Å²) in [6.45, 7) is 2.65. The van der Waals surface area contributed by atoms with Crippen LogP contribution in [0.5, 0.6) is 0 Å². The summed E-state index contributed by atoms with van der Waals surface area (Å²) < 4.78 is 58.8. The summed E-state index contributed by atoms with van der Waals surface area (Å²) in [4.78, 5) is 11.5. The fourth-order valence-electron chi connectivity index (χ4n) is 5.06. The second-order valence-electron chi connectivity index (χ2n) is 9.23. The van der Waals surface area contributed by atoms with E-state index in [1.807, 2.05) is 25.2 Å². The van der Waals surface area contributed by atoms with Crippen molar-refractivity contribution in [2.75, 3.05) is 18.5 Å². The zero-order valence-electron chi connectivity index (χ0n) is 20.1. The zero-order valence-corrected chi connectivity index (χ0v) is 20.1. The number of benzene rings is 3. The molecule has 3 heterocycles. The number of nitrogens with zero attached hydrogens (tertiary/aromatic N) is 5. The second-order valence-corrected chi connectivity index (χ2v) is 9.23. The summed E-state index contributed by atoms with van der Waals surface area (Å²) >= 11 is 0. The van der Waals surface area contributed by atoms with Crippen molar-refractivity contribution in [2.45, 2.75) is 19.8 Å². The van der Waals surface area contributed by atoms with E-state index in [1.165, 1.54) is 4.68 Å². The zero-order chi connectivity index (χ0) is 25.8. The van der Waals surface area contributed by atoms with Gasteiger partial charge < -0.3 is 4.90 Å². The van der Waals surface area contributed by atoms with Crippen LogP contribution in [0.2, 0.25) is 0 Å². The summed E-state index contributed by atoms with van der Waals surface area (Å²) in [5.41, 5.74) is 3.73.